The molecule has 0 bridgehead atoms. The Balaban J connectivity index is 1.05. The van der Waals surface area contributed by atoms with Gasteiger partial charge in [0.15, 0.2) is 0 Å². The average Bonchev–Trinajstić information content (AvgIpc) is 3.46. The molecular weight excluding hydrogens is 524 g/mol. The van der Waals surface area contributed by atoms with E-state index in [0.29, 0.717) is 18.0 Å². The Morgan fingerprint density at radius 2 is 1.24 bits per heavy atom. The van der Waals surface area contributed by atoms with Gasteiger partial charge in [-0.3, -0.25) is 9.80 Å². The van der Waals surface area contributed by atoms with Crippen LogP contribution in [0.5, 0.6) is 0 Å². The molecule has 2 fully saturated rings. The van der Waals surface area contributed by atoms with E-state index >= 15 is 0 Å². The van der Waals surface area contributed by atoms with Gasteiger partial charge in [0.25, 0.3) is 0 Å². The molecule has 0 unspecified atom stereocenters. The topological polar surface area (TPSA) is 24.3 Å². The Morgan fingerprint density at radius 1 is 0.683 bits per heavy atom. The molecule has 3 heterocycles. The van der Waals surface area contributed by atoms with Crippen LogP contribution in [0.1, 0.15) is 41.6 Å². The number of benzene rings is 4. The molecule has 1 aromatic heterocycles. The van der Waals surface area contributed by atoms with Crippen molar-refractivity contribution in [1.82, 2.24) is 19.6 Å². The van der Waals surface area contributed by atoms with Gasteiger partial charge in [0.1, 0.15) is 0 Å². The predicted molar refractivity (Wildman–Crippen MR) is 168 cm³/mol. The van der Waals surface area contributed by atoms with Crippen LogP contribution in [0.25, 0.3) is 16.9 Å². The molecule has 2 aliphatic rings. The zero-order valence-corrected chi connectivity index (χ0v) is 23.9. The fraction of sp³-hybridized carbons (Fsp3) is 0.250. The molecule has 5 aromatic rings. The Kier molecular flexibility index (Phi) is 7.45. The Labute approximate surface area is 247 Å². The highest BCUT2D eigenvalue weighted by Crippen LogP contribution is 2.37. The molecule has 0 amide bonds. The largest absolute Gasteiger partial charge is 0.298 e. The fourth-order valence-electron chi connectivity index (χ4n) is 6.60. The van der Waals surface area contributed by atoms with E-state index in [2.05, 4.69) is 124 Å². The van der Waals surface area contributed by atoms with Gasteiger partial charge in [0.2, 0.25) is 0 Å². The summed E-state index contributed by atoms with van der Waals surface area (Å²) in [5, 5.41) is 5.82. The summed E-state index contributed by atoms with van der Waals surface area (Å²) < 4.78 is 2.17. The fourth-order valence-corrected chi connectivity index (χ4v) is 6.72. The predicted octanol–water partition coefficient (Wildman–Crippen LogP) is 7.85. The first kappa shape index (κ1) is 26.2. The SMILES string of the molecule is Clc1ccc(-c2cc(C3CCN(C4CN(C(c5ccccc5)c5ccccc5)C4)CC3)n(-c3ccccc3)n2)cc1. The molecule has 4 aromatic carbocycles. The van der Waals surface area contributed by atoms with Crippen molar-refractivity contribution in [2.75, 3.05) is 26.2 Å². The molecule has 0 radical (unpaired) electrons. The first-order valence-corrected chi connectivity index (χ1v) is 15.1. The maximum Gasteiger partial charge on any atom is 0.0930 e. The minimum atomic E-state index is 0.317. The first-order valence-electron chi connectivity index (χ1n) is 14.7. The van der Waals surface area contributed by atoms with Crippen LogP contribution in [0, 0.1) is 0 Å². The van der Waals surface area contributed by atoms with Crippen molar-refractivity contribution in [2.45, 2.75) is 30.8 Å². The molecule has 4 nitrogen and oxygen atoms in total. The molecular formula is C36H35ClN4. The Morgan fingerprint density at radius 3 is 1.83 bits per heavy atom. The van der Waals surface area contributed by atoms with Crippen molar-refractivity contribution < 1.29 is 0 Å². The van der Waals surface area contributed by atoms with Gasteiger partial charge < -0.3 is 0 Å². The van der Waals surface area contributed by atoms with Gasteiger partial charge >= 0.3 is 0 Å². The molecule has 0 atom stereocenters. The Bertz CT molecular complexity index is 1510. The molecule has 2 aliphatic heterocycles. The van der Waals surface area contributed by atoms with Crippen molar-refractivity contribution in [3.05, 3.63) is 143 Å². The second-order valence-electron chi connectivity index (χ2n) is 11.4. The van der Waals surface area contributed by atoms with Gasteiger partial charge in [-0.2, -0.15) is 5.10 Å². The third-order valence-corrected chi connectivity index (χ3v) is 9.08. The number of hydrogen-bond acceptors (Lipinski definition) is 3. The lowest BCUT2D eigenvalue weighted by Gasteiger charge is -2.50. The van der Waals surface area contributed by atoms with Crippen LogP contribution in [0.3, 0.4) is 0 Å². The summed E-state index contributed by atoms with van der Waals surface area (Å²) in [7, 11) is 0. The number of halogens is 1. The molecule has 0 N–H and O–H groups in total. The lowest BCUT2D eigenvalue weighted by Crippen LogP contribution is -2.61. The van der Waals surface area contributed by atoms with Gasteiger partial charge in [-0.15, -0.1) is 0 Å². The zero-order chi connectivity index (χ0) is 27.6. The van der Waals surface area contributed by atoms with Gasteiger partial charge in [0.05, 0.1) is 17.4 Å². The number of aromatic nitrogens is 2. The van der Waals surface area contributed by atoms with Gasteiger partial charge in [-0.25, -0.2) is 4.68 Å². The average molecular weight is 559 g/mol. The molecule has 0 saturated carbocycles. The molecule has 0 spiro atoms. The van der Waals surface area contributed by atoms with Crippen molar-refractivity contribution >= 4 is 11.6 Å². The molecule has 5 heteroatoms. The lowest BCUT2D eigenvalue weighted by molar-refractivity contribution is 0.00254. The van der Waals surface area contributed by atoms with E-state index in [4.69, 9.17) is 16.7 Å². The highest BCUT2D eigenvalue weighted by atomic mass is 35.5. The number of hydrogen-bond donors (Lipinski definition) is 0. The van der Waals surface area contributed by atoms with Crippen LogP contribution < -0.4 is 0 Å². The highest BCUT2D eigenvalue weighted by Gasteiger charge is 2.38. The van der Waals surface area contributed by atoms with Crippen molar-refractivity contribution in [3.8, 4) is 16.9 Å². The number of piperidine rings is 1. The summed E-state index contributed by atoms with van der Waals surface area (Å²) in [6, 6.07) is 43.7. The third kappa shape index (κ3) is 5.48. The zero-order valence-electron chi connectivity index (χ0n) is 23.2. The second-order valence-corrected chi connectivity index (χ2v) is 11.8. The van der Waals surface area contributed by atoms with Crippen LogP contribution in [-0.2, 0) is 0 Å². The van der Waals surface area contributed by atoms with Crippen molar-refractivity contribution in [3.63, 3.8) is 0 Å². The number of rotatable bonds is 7. The minimum absolute atomic E-state index is 0.317. The van der Waals surface area contributed by atoms with E-state index in [1.54, 1.807) is 0 Å². The van der Waals surface area contributed by atoms with E-state index in [-0.39, 0.29) is 0 Å². The van der Waals surface area contributed by atoms with E-state index in [9.17, 15) is 0 Å². The second kappa shape index (κ2) is 11.7. The number of likely N-dealkylation sites (tertiary alicyclic amines) is 2. The number of para-hydroxylation sites is 1. The van der Waals surface area contributed by atoms with E-state index in [0.717, 1.165) is 61.0 Å². The molecule has 0 aliphatic carbocycles. The molecule has 41 heavy (non-hydrogen) atoms. The number of nitrogens with zero attached hydrogens (tertiary/aromatic N) is 4. The van der Waals surface area contributed by atoms with Gasteiger partial charge in [-0.05, 0) is 67.4 Å². The van der Waals surface area contributed by atoms with Gasteiger partial charge in [0, 0.05) is 41.3 Å². The summed E-state index contributed by atoms with van der Waals surface area (Å²) in [6.45, 7) is 4.48. The van der Waals surface area contributed by atoms with Crippen LogP contribution in [0.15, 0.2) is 121 Å². The van der Waals surface area contributed by atoms with E-state index in [1.165, 1.54) is 16.8 Å². The maximum absolute atomic E-state index is 6.16. The standard InChI is InChI=1S/C36H35ClN4/c37-31-18-16-27(17-19-31)34-24-35(41(38-34)32-14-8-3-9-15-32)28-20-22-39(23-21-28)33-25-40(26-33)36(29-10-4-1-5-11-29)30-12-6-2-7-13-30/h1-19,24,28,33,36H,20-23,25-26H2. The normalized spacial score (nSPS) is 17.1. The lowest BCUT2D eigenvalue weighted by atomic mass is 9.89. The quantitative estimate of drug-likeness (QED) is 0.203. The van der Waals surface area contributed by atoms with E-state index < -0.39 is 0 Å². The first-order chi connectivity index (χ1) is 20.2. The van der Waals surface area contributed by atoms with Crippen molar-refractivity contribution in [2.24, 2.45) is 0 Å². The summed E-state index contributed by atoms with van der Waals surface area (Å²) in [4.78, 5) is 5.37. The Hall–Kier alpha value is -3.70. The summed E-state index contributed by atoms with van der Waals surface area (Å²) in [5.41, 5.74) is 7.29. The maximum atomic E-state index is 6.16. The van der Waals surface area contributed by atoms with Crippen LogP contribution in [-0.4, -0.2) is 51.8 Å². The van der Waals surface area contributed by atoms with E-state index in [1.807, 2.05) is 12.1 Å². The smallest absolute Gasteiger partial charge is 0.0930 e. The van der Waals surface area contributed by atoms with Gasteiger partial charge in [-0.1, -0.05) is 103 Å². The summed E-state index contributed by atoms with van der Waals surface area (Å²) in [5.74, 6) is 0.484. The minimum Gasteiger partial charge on any atom is -0.298 e. The summed E-state index contributed by atoms with van der Waals surface area (Å²) in [6.07, 6.45) is 2.30. The third-order valence-electron chi connectivity index (χ3n) is 8.83. The monoisotopic (exact) mass is 558 g/mol. The summed E-state index contributed by atoms with van der Waals surface area (Å²) >= 11 is 6.16. The molecule has 2 saturated heterocycles. The molecule has 206 valence electrons. The van der Waals surface area contributed by atoms with Crippen LogP contribution in [0.2, 0.25) is 5.02 Å². The molecule has 7 rings (SSSR count). The highest BCUT2D eigenvalue weighted by molar-refractivity contribution is 6.30. The van der Waals surface area contributed by atoms with Crippen LogP contribution in [0.4, 0.5) is 0 Å². The van der Waals surface area contributed by atoms with Crippen LogP contribution >= 0.6 is 11.6 Å². The van der Waals surface area contributed by atoms with Crippen molar-refractivity contribution in [1.29, 1.82) is 0 Å².